The molecule has 2 amide bonds. The molecule has 12 heteroatoms. The molecule has 0 fully saturated rings. The molecule has 0 aromatic carbocycles. The number of aliphatic carboxylic acids is 2. The van der Waals surface area contributed by atoms with Crippen LogP contribution in [0.15, 0.2) is 0 Å². The fourth-order valence-electron chi connectivity index (χ4n) is 1.94. The molecule has 0 aromatic rings. The summed E-state index contributed by atoms with van der Waals surface area (Å²) >= 11 is 0. The summed E-state index contributed by atoms with van der Waals surface area (Å²) in [5.41, 5.74) is 11.5. The van der Waals surface area contributed by atoms with Gasteiger partial charge in [-0.2, -0.15) is 0 Å². The topological polar surface area (TPSA) is 185 Å². The van der Waals surface area contributed by atoms with Crippen molar-refractivity contribution in [3.63, 3.8) is 0 Å². The van der Waals surface area contributed by atoms with Gasteiger partial charge in [-0.3, -0.25) is 9.59 Å². The van der Waals surface area contributed by atoms with Gasteiger partial charge >= 0.3 is 11.9 Å². The number of carboxylic acid groups (broad SMARTS) is 2. The third kappa shape index (κ3) is 9.62. The Bertz CT molecular complexity index is 513. The first-order chi connectivity index (χ1) is 12.9. The lowest BCUT2D eigenvalue weighted by molar-refractivity contribution is -0.143. The summed E-state index contributed by atoms with van der Waals surface area (Å²) in [6.45, 7) is 6.71. The highest BCUT2D eigenvalue weighted by Crippen LogP contribution is 2.22. The maximum Gasteiger partial charge on any atom is 0.326 e. The van der Waals surface area contributed by atoms with Crippen molar-refractivity contribution in [3.05, 3.63) is 0 Å². The highest BCUT2D eigenvalue weighted by molar-refractivity contribution is 8.76. The lowest BCUT2D eigenvalue weighted by Gasteiger charge is -2.21. The molecule has 8 N–H and O–H groups in total. The number of nitrogens with two attached hydrogens (primary N) is 2. The highest BCUT2D eigenvalue weighted by Gasteiger charge is 2.27. The van der Waals surface area contributed by atoms with Gasteiger partial charge in [0, 0.05) is 11.5 Å². The van der Waals surface area contributed by atoms with E-state index < -0.39 is 47.9 Å². The van der Waals surface area contributed by atoms with E-state index in [9.17, 15) is 19.2 Å². The second kappa shape index (κ2) is 12.9. The number of carbonyl (C=O) groups excluding carboxylic acids is 2. The molecule has 0 unspecified atom stereocenters. The van der Waals surface area contributed by atoms with Gasteiger partial charge in [-0.05, 0) is 11.8 Å². The van der Waals surface area contributed by atoms with Crippen LogP contribution in [-0.2, 0) is 19.2 Å². The number of hydrogen-bond donors (Lipinski definition) is 6. The van der Waals surface area contributed by atoms with Gasteiger partial charge in [0.25, 0.3) is 0 Å². The Morgan fingerprint density at radius 1 is 0.750 bits per heavy atom. The summed E-state index contributed by atoms with van der Waals surface area (Å²) in [5.74, 6) is -3.58. The summed E-state index contributed by atoms with van der Waals surface area (Å²) in [6, 6.07) is -3.87. The van der Waals surface area contributed by atoms with E-state index in [1.807, 2.05) is 0 Å². The predicted octanol–water partition coefficient (Wildman–Crippen LogP) is -0.527. The van der Waals surface area contributed by atoms with Crippen molar-refractivity contribution in [3.8, 4) is 0 Å². The fourth-order valence-corrected chi connectivity index (χ4v) is 4.19. The number of nitrogens with one attached hydrogen (secondary N) is 2. The number of hydrogen-bond acceptors (Lipinski definition) is 8. The Balaban J connectivity index is 4.32. The maximum absolute atomic E-state index is 12.0. The standard InChI is InChI=1S/C16H30N4O6S2/c1-7(2)11(15(23)24)19-13(21)9(17)5-27-28-6-10(18)14(22)20-12(8(3)4)16(25)26/h7-12H,5-6,17-18H2,1-4H3,(H,19,21)(H,20,22)(H,23,24)(H,25,26)/t9-,10+,11-,12+. The molecule has 0 spiro atoms. The molecule has 0 aliphatic carbocycles. The third-order valence-electron chi connectivity index (χ3n) is 3.71. The summed E-state index contributed by atoms with van der Waals surface area (Å²) < 4.78 is 0. The van der Waals surface area contributed by atoms with E-state index in [4.69, 9.17) is 21.7 Å². The molecule has 4 atom stereocenters. The summed E-state index contributed by atoms with van der Waals surface area (Å²) in [7, 11) is 2.44. The van der Waals surface area contributed by atoms with Crippen molar-refractivity contribution < 1.29 is 29.4 Å². The number of carbonyl (C=O) groups is 4. The van der Waals surface area contributed by atoms with Crippen LogP contribution in [0.1, 0.15) is 27.7 Å². The molecule has 0 heterocycles. The van der Waals surface area contributed by atoms with Crippen molar-refractivity contribution in [2.75, 3.05) is 11.5 Å². The molecule has 162 valence electrons. The number of carboxylic acids is 2. The molecule has 0 bridgehead atoms. The van der Waals surface area contributed by atoms with E-state index in [0.29, 0.717) is 0 Å². The third-order valence-corrected chi connectivity index (χ3v) is 6.19. The lowest BCUT2D eigenvalue weighted by atomic mass is 10.0. The molecule has 28 heavy (non-hydrogen) atoms. The van der Waals surface area contributed by atoms with E-state index in [2.05, 4.69) is 10.6 Å². The molecular formula is C16H30N4O6S2. The van der Waals surface area contributed by atoms with Crippen molar-refractivity contribution in [1.29, 1.82) is 0 Å². The number of rotatable bonds is 13. The van der Waals surface area contributed by atoms with Gasteiger partial charge in [-0.25, -0.2) is 9.59 Å². The Kier molecular flexibility index (Phi) is 12.2. The van der Waals surface area contributed by atoms with Crippen LogP contribution in [0.2, 0.25) is 0 Å². The Hall–Kier alpha value is -1.50. The Morgan fingerprint density at radius 2 is 1.04 bits per heavy atom. The highest BCUT2D eigenvalue weighted by atomic mass is 33.1. The SMILES string of the molecule is CC(C)[C@H](NC(=O)[C@@H](N)CSSC[C@@H](N)C(=O)N[C@@H](C(=O)O)C(C)C)C(=O)O. The van der Waals surface area contributed by atoms with E-state index in [1.165, 1.54) is 21.6 Å². The molecule has 0 saturated heterocycles. The van der Waals surface area contributed by atoms with Crippen LogP contribution in [-0.4, -0.2) is 69.6 Å². The molecule has 0 radical (unpaired) electrons. The minimum absolute atomic E-state index is 0.193. The van der Waals surface area contributed by atoms with Crippen molar-refractivity contribution in [2.24, 2.45) is 23.3 Å². The van der Waals surface area contributed by atoms with Crippen LogP contribution in [0.25, 0.3) is 0 Å². The molecule has 0 aromatic heterocycles. The molecule has 10 nitrogen and oxygen atoms in total. The summed E-state index contributed by atoms with van der Waals surface area (Å²) in [5, 5.41) is 22.9. The van der Waals surface area contributed by atoms with E-state index in [0.717, 1.165) is 0 Å². The van der Waals surface area contributed by atoms with E-state index >= 15 is 0 Å². The Morgan fingerprint density at radius 3 is 1.25 bits per heavy atom. The minimum Gasteiger partial charge on any atom is -0.480 e. The van der Waals surface area contributed by atoms with Crippen LogP contribution >= 0.6 is 21.6 Å². The van der Waals surface area contributed by atoms with E-state index in [-0.39, 0.29) is 23.3 Å². The van der Waals surface area contributed by atoms with Gasteiger partial charge in [0.1, 0.15) is 12.1 Å². The average molecular weight is 439 g/mol. The smallest absolute Gasteiger partial charge is 0.326 e. The zero-order chi connectivity index (χ0) is 22.0. The maximum atomic E-state index is 12.0. The van der Waals surface area contributed by atoms with E-state index in [1.54, 1.807) is 27.7 Å². The quantitative estimate of drug-likeness (QED) is 0.161. The summed E-state index contributed by atoms with van der Waals surface area (Å²) in [6.07, 6.45) is 0. The zero-order valence-corrected chi connectivity index (χ0v) is 18.0. The van der Waals surface area contributed by atoms with Gasteiger partial charge in [0.05, 0.1) is 12.1 Å². The van der Waals surface area contributed by atoms with Gasteiger partial charge in [-0.15, -0.1) is 0 Å². The minimum atomic E-state index is -1.13. The second-order valence-corrected chi connectivity index (χ2v) is 9.47. The monoisotopic (exact) mass is 438 g/mol. The van der Waals surface area contributed by atoms with Gasteiger partial charge < -0.3 is 32.3 Å². The first kappa shape index (κ1) is 26.5. The van der Waals surface area contributed by atoms with Gasteiger partial charge in [0.2, 0.25) is 11.8 Å². The predicted molar refractivity (Wildman–Crippen MR) is 110 cm³/mol. The molecule has 0 aliphatic heterocycles. The first-order valence-electron chi connectivity index (χ1n) is 8.70. The van der Waals surface area contributed by atoms with Crippen LogP contribution < -0.4 is 22.1 Å². The van der Waals surface area contributed by atoms with Crippen LogP contribution in [0.3, 0.4) is 0 Å². The molecule has 0 saturated carbocycles. The normalized spacial score (nSPS) is 15.6. The Labute approximate surface area is 172 Å². The zero-order valence-electron chi connectivity index (χ0n) is 16.4. The van der Waals surface area contributed by atoms with Crippen LogP contribution in [0.5, 0.6) is 0 Å². The second-order valence-electron chi connectivity index (χ2n) is 6.92. The van der Waals surface area contributed by atoms with Crippen LogP contribution in [0.4, 0.5) is 0 Å². The molecular weight excluding hydrogens is 408 g/mol. The number of amides is 2. The first-order valence-corrected chi connectivity index (χ1v) is 11.2. The molecule has 0 aliphatic rings. The van der Waals surface area contributed by atoms with Crippen LogP contribution in [0, 0.1) is 11.8 Å². The van der Waals surface area contributed by atoms with Crippen molar-refractivity contribution in [2.45, 2.75) is 51.9 Å². The lowest BCUT2D eigenvalue weighted by Crippen LogP contribution is -2.51. The van der Waals surface area contributed by atoms with Gasteiger partial charge in [0.15, 0.2) is 0 Å². The molecule has 0 rings (SSSR count). The fraction of sp³-hybridized carbons (Fsp3) is 0.750. The van der Waals surface area contributed by atoms with Crippen molar-refractivity contribution >= 4 is 45.3 Å². The average Bonchev–Trinajstić information content (AvgIpc) is 2.58. The van der Waals surface area contributed by atoms with Gasteiger partial charge in [-0.1, -0.05) is 49.3 Å². The largest absolute Gasteiger partial charge is 0.480 e. The van der Waals surface area contributed by atoms with Crippen molar-refractivity contribution in [1.82, 2.24) is 10.6 Å². The summed E-state index contributed by atoms with van der Waals surface area (Å²) in [4.78, 5) is 46.2.